The highest BCUT2D eigenvalue weighted by molar-refractivity contribution is 5.79. The van der Waals surface area contributed by atoms with Crippen LogP contribution in [0.4, 0.5) is 4.39 Å². The topological polar surface area (TPSA) is 66.4 Å². The van der Waals surface area contributed by atoms with Gasteiger partial charge in [-0.15, -0.1) is 0 Å². The maximum absolute atomic E-state index is 13.4. The van der Waals surface area contributed by atoms with Crippen LogP contribution in [-0.2, 0) is 16.0 Å². The number of carboxylic acids is 1. The Bertz CT molecular complexity index is 476. The molecule has 2 atom stereocenters. The summed E-state index contributed by atoms with van der Waals surface area (Å²) in [7, 11) is 0. The van der Waals surface area contributed by atoms with E-state index < -0.39 is 12.0 Å². The van der Waals surface area contributed by atoms with Gasteiger partial charge in [0, 0.05) is 12.0 Å². The number of carbonyl (C=O) groups excluding carboxylic acids is 1. The lowest BCUT2D eigenvalue weighted by Crippen LogP contribution is -2.37. The van der Waals surface area contributed by atoms with Crippen LogP contribution in [0, 0.1) is 11.7 Å². The van der Waals surface area contributed by atoms with Gasteiger partial charge in [0.15, 0.2) is 0 Å². The van der Waals surface area contributed by atoms with E-state index >= 15 is 0 Å². The highest BCUT2D eigenvalue weighted by Crippen LogP contribution is 2.13. The largest absolute Gasteiger partial charge is 0.481 e. The van der Waals surface area contributed by atoms with Crippen molar-refractivity contribution < 1.29 is 19.1 Å². The number of carboxylic acid groups (broad SMARTS) is 1. The second-order valence-corrected chi connectivity index (χ2v) is 5.04. The third-order valence-corrected chi connectivity index (χ3v) is 3.12. The Balaban J connectivity index is 2.42. The molecule has 1 rings (SSSR count). The summed E-state index contributed by atoms with van der Waals surface area (Å²) in [6.45, 7) is 3.40. The van der Waals surface area contributed by atoms with Crippen molar-refractivity contribution >= 4 is 11.9 Å². The number of amides is 1. The van der Waals surface area contributed by atoms with Gasteiger partial charge in [0.25, 0.3) is 0 Å². The van der Waals surface area contributed by atoms with Crippen molar-refractivity contribution in [1.29, 1.82) is 0 Å². The summed E-state index contributed by atoms with van der Waals surface area (Å²) in [6.07, 6.45) is 0.896. The number of rotatable bonds is 7. The van der Waals surface area contributed by atoms with E-state index in [0.29, 0.717) is 18.4 Å². The Kier molecular flexibility index (Phi) is 6.15. The zero-order chi connectivity index (χ0) is 15.1. The van der Waals surface area contributed by atoms with Crippen LogP contribution in [0.15, 0.2) is 24.3 Å². The molecule has 5 heteroatoms. The van der Waals surface area contributed by atoms with Crippen LogP contribution in [0.5, 0.6) is 0 Å². The van der Waals surface area contributed by atoms with E-state index in [4.69, 9.17) is 5.11 Å². The molecule has 0 radical (unpaired) electrons. The molecule has 110 valence electrons. The SMILES string of the molecule is C[C@H](CCc1ccccc1F)C(=O)N[C@@H](C)CC(=O)O. The van der Waals surface area contributed by atoms with Gasteiger partial charge in [0.05, 0.1) is 6.42 Å². The fraction of sp³-hybridized carbons (Fsp3) is 0.467. The van der Waals surface area contributed by atoms with Crippen LogP contribution in [0.1, 0.15) is 32.3 Å². The fourth-order valence-electron chi connectivity index (χ4n) is 1.90. The highest BCUT2D eigenvalue weighted by Gasteiger charge is 2.17. The van der Waals surface area contributed by atoms with E-state index in [9.17, 15) is 14.0 Å². The molecule has 2 N–H and O–H groups in total. The highest BCUT2D eigenvalue weighted by atomic mass is 19.1. The van der Waals surface area contributed by atoms with Crippen molar-refractivity contribution in [2.24, 2.45) is 5.92 Å². The number of aliphatic carboxylic acids is 1. The molecule has 1 aromatic carbocycles. The summed E-state index contributed by atoms with van der Waals surface area (Å²) in [5, 5.41) is 11.3. The van der Waals surface area contributed by atoms with Crippen molar-refractivity contribution in [2.75, 3.05) is 0 Å². The molecule has 0 heterocycles. The minimum Gasteiger partial charge on any atom is -0.481 e. The van der Waals surface area contributed by atoms with Gasteiger partial charge in [-0.05, 0) is 31.4 Å². The number of benzene rings is 1. The molecule has 0 saturated heterocycles. The summed E-state index contributed by atoms with van der Waals surface area (Å²) in [5.74, 6) is -1.70. The van der Waals surface area contributed by atoms with E-state index in [1.807, 2.05) is 0 Å². The first-order valence-electron chi connectivity index (χ1n) is 6.65. The second-order valence-electron chi connectivity index (χ2n) is 5.04. The molecule has 0 spiro atoms. The maximum atomic E-state index is 13.4. The van der Waals surface area contributed by atoms with Crippen molar-refractivity contribution in [1.82, 2.24) is 5.32 Å². The van der Waals surface area contributed by atoms with Crippen molar-refractivity contribution in [2.45, 2.75) is 39.2 Å². The third-order valence-electron chi connectivity index (χ3n) is 3.12. The minimum absolute atomic E-state index is 0.105. The molecule has 0 aliphatic carbocycles. The predicted octanol–water partition coefficient (Wildman–Crippen LogP) is 2.37. The molecule has 0 fully saturated rings. The summed E-state index contributed by atoms with van der Waals surface area (Å²) in [5.41, 5.74) is 0.589. The quantitative estimate of drug-likeness (QED) is 0.806. The summed E-state index contributed by atoms with van der Waals surface area (Å²) in [4.78, 5) is 22.4. The monoisotopic (exact) mass is 281 g/mol. The Morgan fingerprint density at radius 2 is 1.95 bits per heavy atom. The van der Waals surface area contributed by atoms with Gasteiger partial charge < -0.3 is 10.4 Å². The van der Waals surface area contributed by atoms with E-state index in [-0.39, 0.29) is 24.1 Å². The zero-order valence-electron chi connectivity index (χ0n) is 11.7. The van der Waals surface area contributed by atoms with E-state index in [1.165, 1.54) is 6.07 Å². The van der Waals surface area contributed by atoms with E-state index in [2.05, 4.69) is 5.32 Å². The maximum Gasteiger partial charge on any atom is 0.305 e. The first-order valence-corrected chi connectivity index (χ1v) is 6.65. The molecular formula is C15H20FNO3. The zero-order valence-corrected chi connectivity index (χ0v) is 11.7. The smallest absolute Gasteiger partial charge is 0.305 e. The predicted molar refractivity (Wildman–Crippen MR) is 73.7 cm³/mol. The van der Waals surface area contributed by atoms with Gasteiger partial charge in [-0.3, -0.25) is 9.59 Å². The number of halogens is 1. The number of hydrogen-bond donors (Lipinski definition) is 2. The molecule has 1 aromatic rings. The van der Waals surface area contributed by atoms with Crippen LogP contribution in [0.3, 0.4) is 0 Å². The van der Waals surface area contributed by atoms with Crippen LogP contribution < -0.4 is 5.32 Å². The molecule has 1 amide bonds. The molecule has 0 aliphatic rings. The molecule has 0 saturated carbocycles. The molecular weight excluding hydrogens is 261 g/mol. The lowest BCUT2D eigenvalue weighted by atomic mass is 9.99. The first-order chi connectivity index (χ1) is 9.40. The first kappa shape index (κ1) is 16.1. The lowest BCUT2D eigenvalue weighted by Gasteiger charge is -2.16. The molecule has 20 heavy (non-hydrogen) atoms. The van der Waals surface area contributed by atoms with Gasteiger partial charge in [0.2, 0.25) is 5.91 Å². The Morgan fingerprint density at radius 3 is 2.55 bits per heavy atom. The third kappa shape index (κ3) is 5.38. The molecule has 0 unspecified atom stereocenters. The average Bonchev–Trinajstić information content (AvgIpc) is 2.36. The van der Waals surface area contributed by atoms with Crippen LogP contribution in [0.2, 0.25) is 0 Å². The number of carbonyl (C=O) groups is 2. The molecule has 0 bridgehead atoms. The number of hydrogen-bond acceptors (Lipinski definition) is 2. The second kappa shape index (κ2) is 7.62. The van der Waals surface area contributed by atoms with Gasteiger partial charge >= 0.3 is 5.97 Å². The van der Waals surface area contributed by atoms with E-state index in [1.54, 1.807) is 32.0 Å². The average molecular weight is 281 g/mol. The van der Waals surface area contributed by atoms with Crippen molar-refractivity contribution in [3.8, 4) is 0 Å². The van der Waals surface area contributed by atoms with Gasteiger partial charge in [0.1, 0.15) is 5.82 Å². The summed E-state index contributed by atoms with van der Waals surface area (Å²) >= 11 is 0. The number of aryl methyl sites for hydroxylation is 1. The minimum atomic E-state index is -0.947. The van der Waals surface area contributed by atoms with Crippen LogP contribution >= 0.6 is 0 Å². The van der Waals surface area contributed by atoms with Gasteiger partial charge in [-0.1, -0.05) is 25.1 Å². The van der Waals surface area contributed by atoms with Crippen LogP contribution in [0.25, 0.3) is 0 Å². The van der Waals surface area contributed by atoms with Crippen molar-refractivity contribution in [3.05, 3.63) is 35.6 Å². The fourth-order valence-corrected chi connectivity index (χ4v) is 1.90. The Hall–Kier alpha value is -1.91. The molecule has 4 nitrogen and oxygen atoms in total. The normalized spacial score (nSPS) is 13.6. The van der Waals surface area contributed by atoms with Crippen LogP contribution in [-0.4, -0.2) is 23.0 Å². The van der Waals surface area contributed by atoms with Gasteiger partial charge in [-0.2, -0.15) is 0 Å². The molecule has 0 aromatic heterocycles. The van der Waals surface area contributed by atoms with Gasteiger partial charge in [-0.25, -0.2) is 4.39 Å². The Labute approximate surface area is 118 Å². The van der Waals surface area contributed by atoms with Crippen molar-refractivity contribution in [3.63, 3.8) is 0 Å². The molecule has 0 aliphatic heterocycles. The Morgan fingerprint density at radius 1 is 1.30 bits per heavy atom. The number of nitrogens with one attached hydrogen (secondary N) is 1. The van der Waals surface area contributed by atoms with E-state index in [0.717, 1.165) is 0 Å². The lowest BCUT2D eigenvalue weighted by molar-refractivity contribution is -0.137. The summed E-state index contributed by atoms with van der Waals surface area (Å²) in [6, 6.07) is 6.08. The standard InChI is InChI=1S/C15H20FNO3/c1-10(15(20)17-11(2)9-14(18)19)7-8-12-5-3-4-6-13(12)16/h3-6,10-11H,7-9H2,1-2H3,(H,17,20)(H,18,19)/t10-,11+/m1/s1. The summed E-state index contributed by atoms with van der Waals surface area (Å²) < 4.78 is 13.4.